The molecule has 0 aliphatic carbocycles. The molecule has 0 N–H and O–H groups in total. The van der Waals surface area contributed by atoms with Crippen LogP contribution in [0.25, 0.3) is 0 Å². The first kappa shape index (κ1) is 16.5. The third kappa shape index (κ3) is 3.95. The molecule has 0 radical (unpaired) electrons. The lowest BCUT2D eigenvalue weighted by atomic mass is 10.1. The molecule has 108 valence electrons. The highest BCUT2D eigenvalue weighted by Gasteiger charge is 2.19. The van der Waals surface area contributed by atoms with Crippen molar-refractivity contribution in [2.45, 2.75) is 11.8 Å². The molecule has 0 fully saturated rings. The molecule has 1 aromatic carbocycles. The summed E-state index contributed by atoms with van der Waals surface area (Å²) in [5.41, 5.74) is 0.979. The standard InChI is InChI=1S/C14H16ClNO3S/c1-4-8-16(9-5-2)14(17)13-10-12(20(15,18)19)7-6-11(13)3/h4-7,10H,1-2,8-9H2,3H3. The van der Waals surface area contributed by atoms with Gasteiger partial charge in [-0.25, -0.2) is 8.42 Å². The van der Waals surface area contributed by atoms with E-state index in [1.165, 1.54) is 17.0 Å². The smallest absolute Gasteiger partial charge is 0.261 e. The minimum atomic E-state index is -3.86. The predicted molar refractivity (Wildman–Crippen MR) is 80.5 cm³/mol. The summed E-state index contributed by atoms with van der Waals surface area (Å²) >= 11 is 0. The molecule has 4 nitrogen and oxygen atoms in total. The van der Waals surface area contributed by atoms with Gasteiger partial charge in [-0.05, 0) is 24.6 Å². The van der Waals surface area contributed by atoms with Crippen LogP contribution in [0.4, 0.5) is 0 Å². The van der Waals surface area contributed by atoms with Crippen LogP contribution >= 0.6 is 10.7 Å². The largest absolute Gasteiger partial charge is 0.331 e. The first-order valence-electron chi connectivity index (χ1n) is 5.87. The molecule has 1 rings (SSSR count). The van der Waals surface area contributed by atoms with Gasteiger partial charge in [0.05, 0.1) is 4.90 Å². The fourth-order valence-electron chi connectivity index (χ4n) is 1.71. The number of carbonyl (C=O) groups is 1. The molecule has 1 amide bonds. The maximum atomic E-state index is 12.4. The molecule has 0 bridgehead atoms. The van der Waals surface area contributed by atoms with Crippen LogP contribution in [0.1, 0.15) is 15.9 Å². The van der Waals surface area contributed by atoms with Crippen LogP contribution in [0.3, 0.4) is 0 Å². The zero-order valence-electron chi connectivity index (χ0n) is 11.2. The van der Waals surface area contributed by atoms with E-state index < -0.39 is 9.05 Å². The highest BCUT2D eigenvalue weighted by Crippen LogP contribution is 2.20. The average Bonchev–Trinajstić information content (AvgIpc) is 2.37. The van der Waals surface area contributed by atoms with Crippen molar-refractivity contribution in [3.63, 3.8) is 0 Å². The summed E-state index contributed by atoms with van der Waals surface area (Å²) in [5, 5.41) is 0. The van der Waals surface area contributed by atoms with Gasteiger partial charge in [-0.1, -0.05) is 18.2 Å². The van der Waals surface area contributed by atoms with E-state index in [0.717, 1.165) is 0 Å². The average molecular weight is 314 g/mol. The van der Waals surface area contributed by atoms with E-state index in [1.807, 2.05) is 0 Å². The minimum absolute atomic E-state index is 0.0923. The Balaban J connectivity index is 3.26. The fourth-order valence-corrected chi connectivity index (χ4v) is 2.48. The molecule has 0 heterocycles. The summed E-state index contributed by atoms with van der Waals surface area (Å²) in [6.45, 7) is 9.62. The first-order valence-corrected chi connectivity index (χ1v) is 8.18. The molecular formula is C14H16ClNO3S. The number of aryl methyl sites for hydroxylation is 1. The van der Waals surface area contributed by atoms with E-state index in [9.17, 15) is 13.2 Å². The lowest BCUT2D eigenvalue weighted by Crippen LogP contribution is -2.31. The van der Waals surface area contributed by atoms with Gasteiger partial charge < -0.3 is 4.90 Å². The number of hydrogen-bond donors (Lipinski definition) is 0. The van der Waals surface area contributed by atoms with Crippen molar-refractivity contribution < 1.29 is 13.2 Å². The zero-order chi connectivity index (χ0) is 15.3. The van der Waals surface area contributed by atoms with Crippen LogP contribution in [0, 0.1) is 6.92 Å². The second-order valence-electron chi connectivity index (χ2n) is 4.20. The van der Waals surface area contributed by atoms with Crippen LogP contribution in [-0.2, 0) is 9.05 Å². The van der Waals surface area contributed by atoms with Crippen molar-refractivity contribution in [1.29, 1.82) is 0 Å². The Morgan fingerprint density at radius 3 is 2.30 bits per heavy atom. The lowest BCUT2D eigenvalue weighted by molar-refractivity contribution is 0.0790. The third-order valence-electron chi connectivity index (χ3n) is 2.71. The highest BCUT2D eigenvalue weighted by atomic mass is 35.7. The first-order chi connectivity index (χ1) is 9.31. The molecule has 0 unspecified atom stereocenters. The van der Waals surface area contributed by atoms with Crippen LogP contribution in [0.5, 0.6) is 0 Å². The molecule has 0 atom stereocenters. The second-order valence-corrected chi connectivity index (χ2v) is 6.77. The Bertz CT molecular complexity index is 628. The molecule has 0 saturated heterocycles. The Morgan fingerprint density at radius 2 is 1.85 bits per heavy atom. The Morgan fingerprint density at radius 1 is 1.30 bits per heavy atom. The number of benzene rings is 1. The van der Waals surface area contributed by atoms with E-state index in [-0.39, 0.29) is 10.8 Å². The van der Waals surface area contributed by atoms with E-state index in [4.69, 9.17) is 10.7 Å². The van der Waals surface area contributed by atoms with Crippen LogP contribution in [0.15, 0.2) is 48.4 Å². The number of rotatable bonds is 6. The number of carbonyl (C=O) groups excluding carboxylic acids is 1. The minimum Gasteiger partial charge on any atom is -0.331 e. The van der Waals surface area contributed by atoms with Gasteiger partial charge in [0.2, 0.25) is 0 Å². The van der Waals surface area contributed by atoms with Gasteiger partial charge in [0.15, 0.2) is 0 Å². The van der Waals surface area contributed by atoms with Gasteiger partial charge in [0.1, 0.15) is 0 Å². The lowest BCUT2D eigenvalue weighted by Gasteiger charge is -2.20. The van der Waals surface area contributed by atoms with Crippen molar-refractivity contribution >= 4 is 25.6 Å². The predicted octanol–water partition coefficient (Wildman–Crippen LogP) is 2.74. The Labute approximate surface area is 123 Å². The summed E-state index contributed by atoms with van der Waals surface area (Å²) in [5.74, 6) is -0.288. The maximum absolute atomic E-state index is 12.4. The van der Waals surface area contributed by atoms with Crippen molar-refractivity contribution in [1.82, 2.24) is 4.90 Å². The molecule has 0 spiro atoms. The van der Waals surface area contributed by atoms with Crippen LogP contribution < -0.4 is 0 Å². The van der Waals surface area contributed by atoms with E-state index in [2.05, 4.69) is 13.2 Å². The highest BCUT2D eigenvalue weighted by molar-refractivity contribution is 8.13. The van der Waals surface area contributed by atoms with E-state index >= 15 is 0 Å². The van der Waals surface area contributed by atoms with Gasteiger partial charge in [-0.15, -0.1) is 13.2 Å². The van der Waals surface area contributed by atoms with E-state index in [0.29, 0.717) is 24.2 Å². The summed E-state index contributed by atoms with van der Waals surface area (Å²) < 4.78 is 22.7. The summed E-state index contributed by atoms with van der Waals surface area (Å²) in [7, 11) is 1.44. The number of hydrogen-bond acceptors (Lipinski definition) is 3. The van der Waals surface area contributed by atoms with Gasteiger partial charge in [-0.2, -0.15) is 0 Å². The summed E-state index contributed by atoms with van der Waals surface area (Å²) in [4.78, 5) is 13.8. The molecule has 20 heavy (non-hydrogen) atoms. The zero-order valence-corrected chi connectivity index (χ0v) is 12.7. The van der Waals surface area contributed by atoms with Gasteiger partial charge in [0, 0.05) is 29.3 Å². The third-order valence-corrected chi connectivity index (χ3v) is 4.06. The van der Waals surface area contributed by atoms with E-state index in [1.54, 1.807) is 25.1 Å². The second kappa shape index (κ2) is 6.72. The number of nitrogens with zero attached hydrogens (tertiary/aromatic N) is 1. The van der Waals surface area contributed by atoms with Crippen molar-refractivity contribution in [2.24, 2.45) is 0 Å². The summed E-state index contributed by atoms with van der Waals surface area (Å²) in [6.07, 6.45) is 3.19. The SMILES string of the molecule is C=CCN(CC=C)C(=O)c1cc(S(=O)(=O)Cl)ccc1C. The van der Waals surface area contributed by atoms with Crippen molar-refractivity contribution in [2.75, 3.05) is 13.1 Å². The van der Waals surface area contributed by atoms with Crippen molar-refractivity contribution in [3.05, 3.63) is 54.6 Å². The molecule has 0 aliphatic rings. The molecule has 0 aromatic heterocycles. The number of halogens is 1. The van der Waals surface area contributed by atoms with Crippen molar-refractivity contribution in [3.8, 4) is 0 Å². The molecule has 6 heteroatoms. The summed E-state index contributed by atoms with van der Waals surface area (Å²) in [6, 6.07) is 4.22. The normalized spacial score (nSPS) is 10.9. The fraction of sp³-hybridized carbons (Fsp3) is 0.214. The Kier molecular flexibility index (Phi) is 5.53. The Hall–Kier alpha value is -1.59. The monoisotopic (exact) mass is 313 g/mol. The van der Waals surface area contributed by atoms with Crippen LogP contribution in [-0.4, -0.2) is 32.3 Å². The van der Waals surface area contributed by atoms with Crippen LogP contribution in [0.2, 0.25) is 0 Å². The topological polar surface area (TPSA) is 54.5 Å². The quantitative estimate of drug-likeness (QED) is 0.599. The molecule has 0 aliphatic heterocycles. The molecule has 1 aromatic rings. The van der Waals surface area contributed by atoms with Gasteiger partial charge in [0.25, 0.3) is 15.0 Å². The molecule has 0 saturated carbocycles. The van der Waals surface area contributed by atoms with Gasteiger partial charge in [-0.3, -0.25) is 4.79 Å². The maximum Gasteiger partial charge on any atom is 0.261 e. The molecular weight excluding hydrogens is 298 g/mol. The van der Waals surface area contributed by atoms with Gasteiger partial charge >= 0.3 is 0 Å². The number of amides is 1.